The first-order chi connectivity index (χ1) is 10.6. The third-order valence-corrected chi connectivity index (χ3v) is 3.48. The number of pyridine rings is 2. The minimum atomic E-state index is -1.26. The van der Waals surface area contributed by atoms with E-state index in [4.69, 9.17) is 0 Å². The molecule has 0 unspecified atom stereocenters. The van der Waals surface area contributed by atoms with Crippen molar-refractivity contribution in [1.29, 1.82) is 0 Å². The number of rotatable bonds is 4. The molecule has 0 spiro atoms. The van der Waals surface area contributed by atoms with Gasteiger partial charge in [0.25, 0.3) is 0 Å². The van der Waals surface area contributed by atoms with E-state index in [9.17, 15) is 9.90 Å². The minimum absolute atomic E-state index is 0. The van der Waals surface area contributed by atoms with Crippen molar-refractivity contribution in [2.45, 2.75) is 20.4 Å². The summed E-state index contributed by atoms with van der Waals surface area (Å²) in [5.41, 5.74) is 2.68. The second-order valence-corrected chi connectivity index (χ2v) is 5.68. The molecule has 0 atom stereocenters. The van der Waals surface area contributed by atoms with Gasteiger partial charge in [-0.3, -0.25) is 4.98 Å². The molecule has 0 amide bonds. The van der Waals surface area contributed by atoms with Gasteiger partial charge in [0.05, 0.1) is 11.7 Å². The van der Waals surface area contributed by atoms with E-state index in [0.717, 1.165) is 23.1 Å². The molecule has 0 N–H and O–H groups in total. The van der Waals surface area contributed by atoms with Crippen LogP contribution in [0.15, 0.2) is 42.9 Å². The molecular formula is C17H16LiN3O2. The predicted molar refractivity (Wildman–Crippen MR) is 82.1 cm³/mol. The molecule has 0 aliphatic carbocycles. The van der Waals surface area contributed by atoms with Gasteiger partial charge in [-0.2, -0.15) is 0 Å². The Bertz CT molecular complexity index is 828. The number of hydrogen-bond donors (Lipinski definition) is 0. The van der Waals surface area contributed by atoms with Crippen LogP contribution >= 0.6 is 0 Å². The number of hydrogen-bond acceptors (Lipinski definition) is 4. The van der Waals surface area contributed by atoms with Crippen LogP contribution in [0.4, 0.5) is 0 Å². The van der Waals surface area contributed by atoms with Crippen molar-refractivity contribution in [3.05, 3.63) is 48.5 Å². The molecule has 3 aromatic rings. The number of aromatic nitrogens is 3. The normalized spacial score (nSPS) is 10.7. The average Bonchev–Trinajstić information content (AvgIpc) is 2.85. The molecule has 6 heteroatoms. The zero-order valence-electron chi connectivity index (χ0n) is 13.5. The van der Waals surface area contributed by atoms with Crippen LogP contribution in [0.1, 0.15) is 24.3 Å². The van der Waals surface area contributed by atoms with E-state index < -0.39 is 5.97 Å². The number of nitrogens with zero attached hydrogens (tertiary/aromatic N) is 3. The summed E-state index contributed by atoms with van der Waals surface area (Å²) in [6.07, 6.45) is 5.50. The summed E-state index contributed by atoms with van der Waals surface area (Å²) in [7, 11) is 0. The topological polar surface area (TPSA) is 70.8 Å². The van der Waals surface area contributed by atoms with Crippen molar-refractivity contribution in [2.75, 3.05) is 0 Å². The predicted octanol–water partition coefficient (Wildman–Crippen LogP) is -0.878. The summed E-state index contributed by atoms with van der Waals surface area (Å²) in [6, 6.07) is 7.14. The molecule has 0 saturated carbocycles. The number of carboxylic acid groups (broad SMARTS) is 1. The Hall–Kier alpha value is -2.09. The van der Waals surface area contributed by atoms with Gasteiger partial charge in [0.2, 0.25) is 0 Å². The maximum atomic E-state index is 11.1. The largest absolute Gasteiger partial charge is 1.00 e. The number of aromatic carboxylic acids is 1. The zero-order chi connectivity index (χ0) is 15.7. The number of carbonyl (C=O) groups excluding carboxylic acids is 1. The van der Waals surface area contributed by atoms with Crippen LogP contribution in [0.3, 0.4) is 0 Å². The molecule has 112 valence electrons. The molecule has 0 radical (unpaired) electrons. The van der Waals surface area contributed by atoms with Crippen LogP contribution in [0, 0.1) is 5.92 Å². The minimum Gasteiger partial charge on any atom is -0.543 e. The third-order valence-electron chi connectivity index (χ3n) is 3.48. The first-order valence-corrected chi connectivity index (χ1v) is 7.18. The molecule has 3 rings (SSSR count). The smallest absolute Gasteiger partial charge is 0.543 e. The van der Waals surface area contributed by atoms with Crippen molar-refractivity contribution in [3.63, 3.8) is 0 Å². The van der Waals surface area contributed by atoms with Gasteiger partial charge in [-0.25, -0.2) is 4.98 Å². The maximum absolute atomic E-state index is 11.1. The molecular weight excluding hydrogens is 285 g/mol. The van der Waals surface area contributed by atoms with Crippen molar-refractivity contribution in [1.82, 2.24) is 14.5 Å². The van der Waals surface area contributed by atoms with Gasteiger partial charge < -0.3 is 14.5 Å². The average molecular weight is 301 g/mol. The van der Waals surface area contributed by atoms with Gasteiger partial charge in [0.15, 0.2) is 0 Å². The molecule has 3 heterocycles. The van der Waals surface area contributed by atoms with Gasteiger partial charge >= 0.3 is 18.9 Å². The summed E-state index contributed by atoms with van der Waals surface area (Å²) in [6.45, 7) is 4.99. The Morgan fingerprint density at radius 1 is 1.22 bits per heavy atom. The Morgan fingerprint density at radius 3 is 2.52 bits per heavy atom. The van der Waals surface area contributed by atoms with Crippen molar-refractivity contribution in [2.24, 2.45) is 5.92 Å². The Labute approximate surface area is 146 Å². The van der Waals surface area contributed by atoms with Gasteiger partial charge in [-0.15, -0.1) is 0 Å². The van der Waals surface area contributed by atoms with E-state index in [0.29, 0.717) is 11.6 Å². The molecule has 3 aromatic heterocycles. The first-order valence-electron chi connectivity index (χ1n) is 7.18. The first kappa shape index (κ1) is 17.3. The zero-order valence-corrected chi connectivity index (χ0v) is 13.5. The van der Waals surface area contributed by atoms with Gasteiger partial charge in [0, 0.05) is 36.1 Å². The Balaban J connectivity index is 0.00000192. The molecule has 23 heavy (non-hydrogen) atoms. The fourth-order valence-electron chi connectivity index (χ4n) is 2.57. The molecule has 5 nitrogen and oxygen atoms in total. The Kier molecular flexibility index (Phi) is 5.25. The molecule has 0 bridgehead atoms. The van der Waals surface area contributed by atoms with Gasteiger partial charge in [-0.05, 0) is 35.7 Å². The summed E-state index contributed by atoms with van der Waals surface area (Å²) < 4.78 is 2.00. The van der Waals surface area contributed by atoms with Crippen LogP contribution in [-0.2, 0) is 6.54 Å². The van der Waals surface area contributed by atoms with Crippen molar-refractivity contribution in [3.8, 4) is 11.1 Å². The number of carboxylic acids is 1. The van der Waals surface area contributed by atoms with Gasteiger partial charge in [-0.1, -0.05) is 13.8 Å². The van der Waals surface area contributed by atoms with E-state index in [1.165, 1.54) is 6.07 Å². The summed E-state index contributed by atoms with van der Waals surface area (Å²) in [5.74, 6) is -0.834. The fourth-order valence-corrected chi connectivity index (χ4v) is 2.57. The molecule has 0 saturated heterocycles. The van der Waals surface area contributed by atoms with E-state index >= 15 is 0 Å². The SMILES string of the molecule is CC(C)Cn1cc(-c2ccncc2)c2ccc(C(=O)[O-])nc21.[Li+]. The van der Waals surface area contributed by atoms with Crippen LogP contribution in [0.5, 0.6) is 0 Å². The standard InChI is InChI=1S/C17H17N3O2.Li/c1-11(2)9-20-10-14(12-5-7-18-8-6-12)13-3-4-15(17(21)22)19-16(13)20;/h3-8,10-11H,9H2,1-2H3,(H,21,22);/q;+1/p-1. The van der Waals surface area contributed by atoms with Crippen LogP contribution in [-0.4, -0.2) is 20.5 Å². The van der Waals surface area contributed by atoms with Crippen molar-refractivity contribution < 1.29 is 28.8 Å². The quantitative estimate of drug-likeness (QED) is 0.587. The summed E-state index contributed by atoms with van der Waals surface area (Å²) in [4.78, 5) is 19.4. The van der Waals surface area contributed by atoms with Crippen LogP contribution in [0.2, 0.25) is 0 Å². The molecule has 0 aromatic carbocycles. The van der Waals surface area contributed by atoms with E-state index in [-0.39, 0.29) is 24.6 Å². The Morgan fingerprint density at radius 2 is 1.91 bits per heavy atom. The van der Waals surface area contributed by atoms with Crippen molar-refractivity contribution >= 4 is 17.0 Å². The number of carbonyl (C=O) groups is 1. The van der Waals surface area contributed by atoms with E-state index in [1.54, 1.807) is 18.5 Å². The molecule has 0 aliphatic heterocycles. The number of fused-ring (bicyclic) bond motifs is 1. The van der Waals surface area contributed by atoms with Crippen LogP contribution in [0.25, 0.3) is 22.2 Å². The maximum Gasteiger partial charge on any atom is 1.00 e. The monoisotopic (exact) mass is 301 g/mol. The molecule has 0 aliphatic rings. The van der Waals surface area contributed by atoms with Crippen LogP contribution < -0.4 is 24.0 Å². The fraction of sp³-hybridized carbons (Fsp3) is 0.235. The van der Waals surface area contributed by atoms with E-state index in [2.05, 4.69) is 23.8 Å². The third kappa shape index (κ3) is 3.47. The summed E-state index contributed by atoms with van der Waals surface area (Å²) in [5, 5.41) is 12.0. The van der Waals surface area contributed by atoms with E-state index in [1.807, 2.05) is 22.9 Å². The van der Waals surface area contributed by atoms with Gasteiger partial charge in [0.1, 0.15) is 5.65 Å². The second kappa shape index (κ2) is 6.99. The molecule has 0 fully saturated rings. The second-order valence-electron chi connectivity index (χ2n) is 5.68. The summed E-state index contributed by atoms with van der Waals surface area (Å²) >= 11 is 0.